The minimum Gasteiger partial charge on any atom is -0.446 e. The van der Waals surface area contributed by atoms with Crippen molar-refractivity contribution < 1.29 is 14.3 Å². The molecule has 2 aliphatic rings. The van der Waals surface area contributed by atoms with Crippen LogP contribution in [-0.4, -0.2) is 49.4 Å². The first-order valence-corrected chi connectivity index (χ1v) is 6.07. The quantitative estimate of drug-likeness (QED) is 0.770. The number of carbonyl (C=O) groups excluding carboxylic acids is 1. The molecule has 2 N–H and O–H groups in total. The molecular weight excluding hydrogens is 208 g/mol. The van der Waals surface area contributed by atoms with Crippen molar-refractivity contribution in [3.63, 3.8) is 0 Å². The van der Waals surface area contributed by atoms with Gasteiger partial charge in [-0.25, -0.2) is 4.79 Å². The summed E-state index contributed by atoms with van der Waals surface area (Å²) in [6.45, 7) is 2.84. The van der Waals surface area contributed by atoms with E-state index in [9.17, 15) is 4.79 Å². The van der Waals surface area contributed by atoms with E-state index >= 15 is 0 Å². The van der Waals surface area contributed by atoms with E-state index in [4.69, 9.17) is 15.2 Å². The van der Waals surface area contributed by atoms with Crippen molar-refractivity contribution in [2.24, 2.45) is 5.73 Å². The molecule has 16 heavy (non-hydrogen) atoms. The Morgan fingerprint density at radius 3 is 2.88 bits per heavy atom. The van der Waals surface area contributed by atoms with Gasteiger partial charge < -0.3 is 20.1 Å². The Bertz CT molecular complexity index is 241. The van der Waals surface area contributed by atoms with Crippen LogP contribution >= 0.6 is 0 Å². The molecule has 0 aromatic rings. The van der Waals surface area contributed by atoms with E-state index in [1.165, 1.54) is 0 Å². The van der Waals surface area contributed by atoms with Crippen LogP contribution < -0.4 is 5.73 Å². The largest absolute Gasteiger partial charge is 0.446 e. The Morgan fingerprint density at radius 2 is 2.25 bits per heavy atom. The molecule has 2 rings (SSSR count). The first-order chi connectivity index (χ1) is 7.79. The maximum absolute atomic E-state index is 11.7. The molecule has 5 heteroatoms. The Morgan fingerprint density at radius 1 is 1.38 bits per heavy atom. The summed E-state index contributed by atoms with van der Waals surface area (Å²) in [5.41, 5.74) is 5.45. The van der Waals surface area contributed by atoms with E-state index in [2.05, 4.69) is 0 Å². The summed E-state index contributed by atoms with van der Waals surface area (Å²) in [6, 6.07) is 0. The minimum atomic E-state index is -0.208. The molecule has 2 heterocycles. The van der Waals surface area contributed by atoms with E-state index in [1.54, 1.807) is 4.90 Å². The van der Waals surface area contributed by atoms with Crippen LogP contribution in [0.1, 0.15) is 25.7 Å². The summed E-state index contributed by atoms with van der Waals surface area (Å²) in [4.78, 5) is 13.4. The summed E-state index contributed by atoms with van der Waals surface area (Å²) >= 11 is 0. The molecule has 2 atom stereocenters. The molecule has 0 spiro atoms. The molecule has 0 radical (unpaired) electrons. The molecule has 0 bridgehead atoms. The number of hydrogen-bond acceptors (Lipinski definition) is 4. The molecule has 92 valence electrons. The average Bonchev–Trinajstić information content (AvgIpc) is 2.75. The lowest BCUT2D eigenvalue weighted by molar-refractivity contribution is 0.00309. The standard InChI is InChI=1S/C11H20N2O3/c12-5-3-9-4-6-13(11(14)16-9)8-10-2-1-7-15-10/h9-10H,1-8,12H2. The van der Waals surface area contributed by atoms with Gasteiger partial charge >= 0.3 is 6.09 Å². The number of nitrogens with zero attached hydrogens (tertiary/aromatic N) is 1. The van der Waals surface area contributed by atoms with Gasteiger partial charge in [0.05, 0.1) is 12.6 Å². The molecule has 2 fully saturated rings. The maximum Gasteiger partial charge on any atom is 0.410 e. The van der Waals surface area contributed by atoms with Gasteiger partial charge in [-0.3, -0.25) is 0 Å². The number of hydrogen-bond donors (Lipinski definition) is 1. The monoisotopic (exact) mass is 228 g/mol. The lowest BCUT2D eigenvalue weighted by Gasteiger charge is -2.32. The summed E-state index contributed by atoms with van der Waals surface area (Å²) in [6.07, 6.45) is 3.81. The third-order valence-electron chi connectivity index (χ3n) is 3.18. The second kappa shape index (κ2) is 5.50. The molecular formula is C11H20N2O3. The second-order valence-electron chi connectivity index (χ2n) is 4.45. The Labute approximate surface area is 95.9 Å². The zero-order chi connectivity index (χ0) is 11.4. The van der Waals surface area contributed by atoms with Crippen molar-refractivity contribution in [3.8, 4) is 0 Å². The summed E-state index contributed by atoms with van der Waals surface area (Å²) < 4.78 is 10.8. The van der Waals surface area contributed by atoms with Gasteiger partial charge in [0.1, 0.15) is 6.10 Å². The summed E-state index contributed by atoms with van der Waals surface area (Å²) in [5, 5.41) is 0. The van der Waals surface area contributed by atoms with Crippen LogP contribution in [0.5, 0.6) is 0 Å². The highest BCUT2D eigenvalue weighted by Crippen LogP contribution is 2.18. The average molecular weight is 228 g/mol. The number of nitrogens with two attached hydrogens (primary N) is 1. The number of cyclic esters (lactones) is 1. The Kier molecular flexibility index (Phi) is 4.01. The van der Waals surface area contributed by atoms with Gasteiger partial charge in [0.2, 0.25) is 0 Å². The van der Waals surface area contributed by atoms with Gasteiger partial charge in [-0.05, 0) is 25.8 Å². The third-order valence-corrected chi connectivity index (χ3v) is 3.18. The smallest absolute Gasteiger partial charge is 0.410 e. The Balaban J connectivity index is 1.77. The number of ether oxygens (including phenoxy) is 2. The highest BCUT2D eigenvalue weighted by Gasteiger charge is 2.29. The van der Waals surface area contributed by atoms with Crippen LogP contribution in [0.25, 0.3) is 0 Å². The normalized spacial score (nSPS) is 30.6. The maximum atomic E-state index is 11.7. The van der Waals surface area contributed by atoms with Crippen LogP contribution in [-0.2, 0) is 9.47 Å². The molecule has 5 nitrogen and oxygen atoms in total. The Hall–Kier alpha value is -0.810. The fourth-order valence-electron chi connectivity index (χ4n) is 2.26. The van der Waals surface area contributed by atoms with Gasteiger partial charge in [0, 0.05) is 19.6 Å². The lowest BCUT2D eigenvalue weighted by Crippen LogP contribution is -2.45. The van der Waals surface area contributed by atoms with Crippen LogP contribution in [0.4, 0.5) is 4.79 Å². The van der Waals surface area contributed by atoms with Gasteiger partial charge in [0.25, 0.3) is 0 Å². The van der Waals surface area contributed by atoms with Crippen molar-refractivity contribution in [1.29, 1.82) is 0 Å². The molecule has 2 saturated heterocycles. The van der Waals surface area contributed by atoms with E-state index in [-0.39, 0.29) is 18.3 Å². The van der Waals surface area contributed by atoms with Gasteiger partial charge in [0.15, 0.2) is 0 Å². The van der Waals surface area contributed by atoms with Crippen molar-refractivity contribution in [3.05, 3.63) is 0 Å². The van der Waals surface area contributed by atoms with Gasteiger partial charge in [-0.15, -0.1) is 0 Å². The first-order valence-electron chi connectivity index (χ1n) is 6.07. The van der Waals surface area contributed by atoms with E-state index in [1.807, 2.05) is 0 Å². The fourth-order valence-corrected chi connectivity index (χ4v) is 2.26. The third kappa shape index (κ3) is 2.86. The molecule has 0 aromatic heterocycles. The highest BCUT2D eigenvalue weighted by atomic mass is 16.6. The van der Waals surface area contributed by atoms with Crippen molar-refractivity contribution >= 4 is 6.09 Å². The van der Waals surface area contributed by atoms with E-state index in [0.29, 0.717) is 13.1 Å². The fraction of sp³-hybridized carbons (Fsp3) is 0.909. The van der Waals surface area contributed by atoms with Crippen molar-refractivity contribution in [2.45, 2.75) is 37.9 Å². The molecule has 0 aliphatic carbocycles. The molecule has 2 unspecified atom stereocenters. The molecule has 1 amide bonds. The SMILES string of the molecule is NCCC1CCN(CC2CCCO2)C(=O)O1. The number of amides is 1. The zero-order valence-electron chi connectivity index (χ0n) is 9.56. The lowest BCUT2D eigenvalue weighted by atomic mass is 10.1. The second-order valence-corrected chi connectivity index (χ2v) is 4.45. The van der Waals surface area contributed by atoms with Crippen molar-refractivity contribution in [1.82, 2.24) is 4.90 Å². The van der Waals surface area contributed by atoms with Crippen LogP contribution in [0.2, 0.25) is 0 Å². The number of rotatable bonds is 4. The predicted octanol–water partition coefficient (Wildman–Crippen LogP) is 0.725. The molecule has 2 aliphatic heterocycles. The summed E-state index contributed by atoms with van der Waals surface area (Å²) in [7, 11) is 0. The molecule has 0 aromatic carbocycles. The summed E-state index contributed by atoms with van der Waals surface area (Å²) in [5.74, 6) is 0. The van der Waals surface area contributed by atoms with E-state index < -0.39 is 0 Å². The topological polar surface area (TPSA) is 64.8 Å². The van der Waals surface area contributed by atoms with Crippen LogP contribution in [0.3, 0.4) is 0 Å². The van der Waals surface area contributed by atoms with Crippen LogP contribution in [0, 0.1) is 0 Å². The predicted molar refractivity (Wildman–Crippen MR) is 59.1 cm³/mol. The van der Waals surface area contributed by atoms with Gasteiger partial charge in [-0.2, -0.15) is 0 Å². The van der Waals surface area contributed by atoms with Crippen LogP contribution in [0.15, 0.2) is 0 Å². The number of carbonyl (C=O) groups is 1. The van der Waals surface area contributed by atoms with E-state index in [0.717, 1.165) is 38.8 Å². The van der Waals surface area contributed by atoms with Crippen molar-refractivity contribution in [2.75, 3.05) is 26.2 Å². The zero-order valence-corrected chi connectivity index (χ0v) is 9.56. The van der Waals surface area contributed by atoms with Gasteiger partial charge in [-0.1, -0.05) is 0 Å². The highest BCUT2D eigenvalue weighted by molar-refractivity contribution is 5.68. The molecule has 0 saturated carbocycles. The first kappa shape index (κ1) is 11.7. The minimum absolute atomic E-state index is 0.0123.